The standard InChI is InChI=1S/C8H18O6/c1-11-4-8(10)5-14-7-13-3-2-12-6-9/h8-10H,2-7H2,1H3. The van der Waals surface area contributed by atoms with Crippen molar-refractivity contribution in [3.63, 3.8) is 0 Å². The molecule has 1 atom stereocenters. The van der Waals surface area contributed by atoms with Gasteiger partial charge in [-0.1, -0.05) is 0 Å². The Morgan fingerprint density at radius 2 is 1.79 bits per heavy atom. The number of aliphatic hydroxyl groups excluding tert-OH is 2. The molecule has 0 aliphatic heterocycles. The van der Waals surface area contributed by atoms with Crippen molar-refractivity contribution in [2.45, 2.75) is 6.10 Å². The minimum Gasteiger partial charge on any atom is -0.388 e. The first-order valence-electron chi connectivity index (χ1n) is 4.32. The highest BCUT2D eigenvalue weighted by Crippen LogP contribution is 1.87. The number of aliphatic hydroxyl groups is 2. The van der Waals surface area contributed by atoms with Crippen molar-refractivity contribution in [3.8, 4) is 0 Å². The van der Waals surface area contributed by atoms with E-state index in [1.54, 1.807) is 0 Å². The number of hydrogen-bond donors (Lipinski definition) is 2. The van der Waals surface area contributed by atoms with Gasteiger partial charge in [-0.05, 0) is 0 Å². The van der Waals surface area contributed by atoms with Crippen LogP contribution in [0.25, 0.3) is 0 Å². The van der Waals surface area contributed by atoms with Gasteiger partial charge in [0.25, 0.3) is 0 Å². The first kappa shape index (κ1) is 13.8. The summed E-state index contributed by atoms with van der Waals surface area (Å²) in [5.74, 6) is 0. The average molecular weight is 210 g/mol. The molecule has 86 valence electrons. The maximum absolute atomic E-state index is 9.13. The molecule has 0 saturated carbocycles. The second kappa shape index (κ2) is 10.8. The predicted molar refractivity (Wildman–Crippen MR) is 47.7 cm³/mol. The maximum Gasteiger partial charge on any atom is 0.146 e. The van der Waals surface area contributed by atoms with Crippen LogP contribution >= 0.6 is 0 Å². The largest absolute Gasteiger partial charge is 0.388 e. The Morgan fingerprint density at radius 3 is 2.43 bits per heavy atom. The van der Waals surface area contributed by atoms with Gasteiger partial charge >= 0.3 is 0 Å². The summed E-state index contributed by atoms with van der Waals surface area (Å²) < 4.78 is 19.2. The molecule has 0 saturated heterocycles. The van der Waals surface area contributed by atoms with Crippen LogP contribution in [0.2, 0.25) is 0 Å². The number of hydrogen-bond acceptors (Lipinski definition) is 6. The Morgan fingerprint density at radius 1 is 1.07 bits per heavy atom. The molecule has 14 heavy (non-hydrogen) atoms. The van der Waals surface area contributed by atoms with Gasteiger partial charge in [0, 0.05) is 7.11 Å². The summed E-state index contributed by atoms with van der Waals surface area (Å²) in [7, 11) is 1.51. The molecule has 0 rings (SSSR count). The van der Waals surface area contributed by atoms with Crippen molar-refractivity contribution in [2.24, 2.45) is 0 Å². The molecule has 0 aliphatic rings. The van der Waals surface area contributed by atoms with E-state index >= 15 is 0 Å². The van der Waals surface area contributed by atoms with E-state index in [2.05, 4.69) is 4.74 Å². The summed E-state index contributed by atoms with van der Waals surface area (Å²) in [6.07, 6.45) is -0.628. The van der Waals surface area contributed by atoms with Gasteiger partial charge in [-0.15, -0.1) is 0 Å². The molecule has 0 bridgehead atoms. The van der Waals surface area contributed by atoms with Gasteiger partial charge in [0.15, 0.2) is 0 Å². The normalized spacial score (nSPS) is 13.1. The van der Waals surface area contributed by atoms with Crippen LogP contribution in [-0.2, 0) is 18.9 Å². The third-order valence-corrected chi connectivity index (χ3v) is 1.30. The summed E-state index contributed by atoms with van der Waals surface area (Å²) in [6.45, 7) is 0.871. The van der Waals surface area contributed by atoms with E-state index in [1.807, 2.05) is 0 Å². The molecule has 6 heteroatoms. The van der Waals surface area contributed by atoms with Crippen molar-refractivity contribution in [1.29, 1.82) is 0 Å². The van der Waals surface area contributed by atoms with Gasteiger partial charge in [-0.25, -0.2) is 0 Å². The number of ether oxygens (including phenoxy) is 4. The van der Waals surface area contributed by atoms with Gasteiger partial charge in [-0.3, -0.25) is 0 Å². The molecular formula is C8H18O6. The van der Waals surface area contributed by atoms with E-state index in [1.165, 1.54) is 7.11 Å². The van der Waals surface area contributed by atoms with Crippen LogP contribution in [0, 0.1) is 0 Å². The molecule has 2 N–H and O–H groups in total. The summed E-state index contributed by atoms with van der Waals surface area (Å²) in [4.78, 5) is 0. The zero-order chi connectivity index (χ0) is 10.6. The lowest BCUT2D eigenvalue weighted by Gasteiger charge is -2.10. The fraction of sp³-hybridized carbons (Fsp3) is 1.00. The highest BCUT2D eigenvalue weighted by atomic mass is 16.7. The number of methoxy groups -OCH3 is 1. The summed E-state index contributed by atoms with van der Waals surface area (Å²) in [5.41, 5.74) is 0. The van der Waals surface area contributed by atoms with Crippen molar-refractivity contribution in [3.05, 3.63) is 0 Å². The van der Waals surface area contributed by atoms with Crippen LogP contribution in [0.4, 0.5) is 0 Å². The zero-order valence-electron chi connectivity index (χ0n) is 8.35. The molecule has 0 aliphatic carbocycles. The lowest BCUT2D eigenvalue weighted by atomic mass is 10.4. The van der Waals surface area contributed by atoms with Crippen LogP contribution in [0.1, 0.15) is 0 Å². The Balaban J connectivity index is 2.98. The molecule has 0 aromatic heterocycles. The van der Waals surface area contributed by atoms with Crippen molar-refractivity contribution < 1.29 is 29.2 Å². The van der Waals surface area contributed by atoms with E-state index in [0.717, 1.165) is 0 Å². The molecule has 0 spiro atoms. The lowest BCUT2D eigenvalue weighted by molar-refractivity contribution is -0.105. The van der Waals surface area contributed by atoms with E-state index in [0.29, 0.717) is 13.2 Å². The first-order chi connectivity index (χ1) is 6.81. The fourth-order valence-corrected chi connectivity index (χ4v) is 0.725. The van der Waals surface area contributed by atoms with Crippen molar-refractivity contribution in [1.82, 2.24) is 0 Å². The van der Waals surface area contributed by atoms with Gasteiger partial charge in [0.1, 0.15) is 19.7 Å². The molecule has 0 aromatic rings. The second-order valence-corrected chi connectivity index (χ2v) is 2.54. The summed E-state index contributed by atoms with van der Waals surface area (Å²) in [5, 5.41) is 17.4. The second-order valence-electron chi connectivity index (χ2n) is 2.54. The quantitative estimate of drug-likeness (QED) is 0.354. The molecule has 0 heterocycles. The van der Waals surface area contributed by atoms with Gasteiger partial charge in [-0.2, -0.15) is 0 Å². The van der Waals surface area contributed by atoms with Crippen LogP contribution in [0.5, 0.6) is 0 Å². The van der Waals surface area contributed by atoms with E-state index in [4.69, 9.17) is 24.4 Å². The number of rotatable bonds is 10. The van der Waals surface area contributed by atoms with Gasteiger partial charge < -0.3 is 29.2 Å². The fourth-order valence-electron chi connectivity index (χ4n) is 0.725. The van der Waals surface area contributed by atoms with Crippen molar-refractivity contribution >= 4 is 0 Å². The van der Waals surface area contributed by atoms with Crippen molar-refractivity contribution in [2.75, 3.05) is 47.1 Å². The Bertz CT molecular complexity index is 110. The molecular weight excluding hydrogens is 192 g/mol. The van der Waals surface area contributed by atoms with Crippen LogP contribution in [0.3, 0.4) is 0 Å². The monoisotopic (exact) mass is 210 g/mol. The van der Waals surface area contributed by atoms with E-state index in [9.17, 15) is 0 Å². The maximum atomic E-state index is 9.13. The van der Waals surface area contributed by atoms with E-state index in [-0.39, 0.29) is 26.8 Å². The smallest absolute Gasteiger partial charge is 0.146 e. The zero-order valence-corrected chi connectivity index (χ0v) is 8.35. The van der Waals surface area contributed by atoms with E-state index < -0.39 is 6.10 Å². The average Bonchev–Trinajstić information content (AvgIpc) is 2.17. The Labute approximate surface area is 83.3 Å². The lowest BCUT2D eigenvalue weighted by Crippen LogP contribution is -2.22. The third kappa shape index (κ3) is 9.85. The highest BCUT2D eigenvalue weighted by Gasteiger charge is 2.02. The first-order valence-corrected chi connectivity index (χ1v) is 4.32. The minimum atomic E-state index is -0.628. The molecule has 0 radical (unpaired) electrons. The predicted octanol–water partition coefficient (Wildman–Crippen LogP) is -1.05. The van der Waals surface area contributed by atoms with Gasteiger partial charge in [0.2, 0.25) is 0 Å². The third-order valence-electron chi connectivity index (χ3n) is 1.30. The van der Waals surface area contributed by atoms with Crippen LogP contribution < -0.4 is 0 Å². The SMILES string of the molecule is COCC(O)COCOCCOCO. The topological polar surface area (TPSA) is 77.4 Å². The summed E-state index contributed by atoms with van der Waals surface area (Å²) in [6, 6.07) is 0. The molecule has 1 unspecified atom stereocenters. The van der Waals surface area contributed by atoms with Crippen LogP contribution in [-0.4, -0.2) is 63.4 Å². The molecule has 6 nitrogen and oxygen atoms in total. The molecule has 0 fully saturated rings. The summed E-state index contributed by atoms with van der Waals surface area (Å²) >= 11 is 0. The Kier molecular flexibility index (Phi) is 10.7. The molecule has 0 aromatic carbocycles. The van der Waals surface area contributed by atoms with Gasteiger partial charge in [0.05, 0.1) is 26.4 Å². The van der Waals surface area contributed by atoms with Crippen LogP contribution in [0.15, 0.2) is 0 Å². The highest BCUT2D eigenvalue weighted by molar-refractivity contribution is 4.48. The molecule has 0 amide bonds. The minimum absolute atomic E-state index is 0.0928. The Hall–Kier alpha value is -0.240.